The molecule has 1 rings (SSSR count). The third-order valence-corrected chi connectivity index (χ3v) is 3.70. The van der Waals surface area contributed by atoms with E-state index in [-0.39, 0.29) is 0 Å². The Hall–Kier alpha value is -0.280. The van der Waals surface area contributed by atoms with Crippen LogP contribution in [0, 0.1) is 0 Å². The number of rotatable bonds is 6. The lowest BCUT2D eigenvalue weighted by atomic mass is 10.1. The van der Waals surface area contributed by atoms with E-state index in [1.807, 2.05) is 6.07 Å². The first-order valence-electron chi connectivity index (χ1n) is 5.75. The second kappa shape index (κ2) is 7.13. The standard InChI is InChI=1S/C12H18BrClN2/c1-3-5-6-9(4-2)16-10-7-11(13)12(14)15-8-10/h7-9,16H,3-6H2,1-2H3. The molecule has 0 fully saturated rings. The number of hydrogen-bond donors (Lipinski definition) is 1. The Morgan fingerprint density at radius 3 is 2.81 bits per heavy atom. The van der Waals surface area contributed by atoms with Crippen LogP contribution >= 0.6 is 27.5 Å². The molecule has 1 heterocycles. The Balaban J connectivity index is 2.59. The zero-order chi connectivity index (χ0) is 12.0. The number of anilines is 1. The van der Waals surface area contributed by atoms with Crippen LogP contribution in [0.4, 0.5) is 5.69 Å². The summed E-state index contributed by atoms with van der Waals surface area (Å²) in [5, 5.41) is 3.99. The van der Waals surface area contributed by atoms with Crippen molar-refractivity contribution in [2.75, 3.05) is 5.32 Å². The molecule has 0 aliphatic carbocycles. The molecule has 1 aromatic heterocycles. The fourth-order valence-electron chi connectivity index (χ4n) is 1.56. The van der Waals surface area contributed by atoms with Crippen LogP contribution in [0.2, 0.25) is 5.15 Å². The highest BCUT2D eigenvalue weighted by Crippen LogP contribution is 2.24. The van der Waals surface area contributed by atoms with Gasteiger partial charge < -0.3 is 5.32 Å². The first-order valence-corrected chi connectivity index (χ1v) is 6.92. The molecule has 0 bridgehead atoms. The second-order valence-corrected chi connectivity index (χ2v) is 5.10. The topological polar surface area (TPSA) is 24.9 Å². The van der Waals surface area contributed by atoms with Crippen molar-refractivity contribution >= 4 is 33.2 Å². The van der Waals surface area contributed by atoms with Crippen LogP contribution in [-0.2, 0) is 0 Å². The van der Waals surface area contributed by atoms with Crippen molar-refractivity contribution in [3.8, 4) is 0 Å². The Bertz CT molecular complexity index is 331. The van der Waals surface area contributed by atoms with Gasteiger partial charge in [-0.2, -0.15) is 0 Å². The molecule has 1 unspecified atom stereocenters. The molecule has 0 aliphatic rings. The number of nitrogens with zero attached hydrogens (tertiary/aromatic N) is 1. The molecule has 0 radical (unpaired) electrons. The molecule has 1 N–H and O–H groups in total. The van der Waals surface area contributed by atoms with Crippen molar-refractivity contribution in [2.24, 2.45) is 0 Å². The monoisotopic (exact) mass is 304 g/mol. The molecule has 90 valence electrons. The summed E-state index contributed by atoms with van der Waals surface area (Å²) in [4.78, 5) is 4.10. The molecular formula is C12H18BrClN2. The normalized spacial score (nSPS) is 12.5. The van der Waals surface area contributed by atoms with E-state index in [1.165, 1.54) is 19.3 Å². The van der Waals surface area contributed by atoms with Crippen LogP contribution in [-0.4, -0.2) is 11.0 Å². The van der Waals surface area contributed by atoms with Crippen molar-refractivity contribution in [2.45, 2.75) is 45.6 Å². The molecule has 0 aliphatic heterocycles. The first-order chi connectivity index (χ1) is 7.67. The summed E-state index contributed by atoms with van der Waals surface area (Å²) in [7, 11) is 0. The predicted molar refractivity (Wildman–Crippen MR) is 74.2 cm³/mol. The fourth-order valence-corrected chi connectivity index (χ4v) is 2.02. The Kier molecular flexibility index (Phi) is 6.14. The van der Waals surface area contributed by atoms with Crippen molar-refractivity contribution < 1.29 is 0 Å². The van der Waals surface area contributed by atoms with Crippen LogP contribution in [0.15, 0.2) is 16.7 Å². The van der Waals surface area contributed by atoms with Crippen molar-refractivity contribution in [3.63, 3.8) is 0 Å². The maximum absolute atomic E-state index is 5.85. The highest BCUT2D eigenvalue weighted by Gasteiger charge is 2.07. The molecule has 16 heavy (non-hydrogen) atoms. The van der Waals surface area contributed by atoms with E-state index in [1.54, 1.807) is 6.20 Å². The summed E-state index contributed by atoms with van der Waals surface area (Å²) in [5.41, 5.74) is 1.03. The molecule has 1 atom stereocenters. The maximum atomic E-state index is 5.85. The number of pyridine rings is 1. The van der Waals surface area contributed by atoms with Gasteiger partial charge in [0.1, 0.15) is 5.15 Å². The van der Waals surface area contributed by atoms with Gasteiger partial charge in [-0.3, -0.25) is 0 Å². The third kappa shape index (κ3) is 4.30. The molecular weight excluding hydrogens is 288 g/mol. The van der Waals surface area contributed by atoms with E-state index in [2.05, 4.69) is 40.1 Å². The third-order valence-electron chi connectivity index (χ3n) is 2.57. The van der Waals surface area contributed by atoms with Gasteiger partial charge in [0, 0.05) is 6.04 Å². The van der Waals surface area contributed by atoms with Gasteiger partial charge in [-0.05, 0) is 34.8 Å². The van der Waals surface area contributed by atoms with Gasteiger partial charge in [-0.25, -0.2) is 4.98 Å². The maximum Gasteiger partial charge on any atom is 0.143 e. The van der Waals surface area contributed by atoms with E-state index >= 15 is 0 Å². The van der Waals surface area contributed by atoms with Crippen molar-refractivity contribution in [1.29, 1.82) is 0 Å². The van der Waals surface area contributed by atoms with E-state index < -0.39 is 0 Å². The average molecular weight is 306 g/mol. The SMILES string of the molecule is CCCCC(CC)Nc1cnc(Cl)c(Br)c1. The van der Waals surface area contributed by atoms with Crippen molar-refractivity contribution in [3.05, 3.63) is 21.9 Å². The summed E-state index contributed by atoms with van der Waals surface area (Å²) in [6, 6.07) is 2.50. The first kappa shape index (κ1) is 13.8. The van der Waals surface area contributed by atoms with Crippen LogP contribution in [0.5, 0.6) is 0 Å². The fraction of sp³-hybridized carbons (Fsp3) is 0.583. The van der Waals surface area contributed by atoms with E-state index in [4.69, 9.17) is 11.6 Å². The molecule has 0 saturated heterocycles. The van der Waals surface area contributed by atoms with E-state index in [0.29, 0.717) is 11.2 Å². The second-order valence-electron chi connectivity index (χ2n) is 3.89. The van der Waals surface area contributed by atoms with Crippen molar-refractivity contribution in [1.82, 2.24) is 4.98 Å². The minimum Gasteiger partial charge on any atom is -0.381 e. The molecule has 2 nitrogen and oxygen atoms in total. The zero-order valence-corrected chi connectivity index (χ0v) is 12.1. The number of unbranched alkanes of at least 4 members (excludes halogenated alkanes) is 1. The van der Waals surface area contributed by atoms with E-state index in [0.717, 1.165) is 16.6 Å². The Labute approximate surface area is 111 Å². The van der Waals surface area contributed by atoms with Crippen LogP contribution < -0.4 is 5.32 Å². The molecule has 4 heteroatoms. The number of aromatic nitrogens is 1. The zero-order valence-electron chi connectivity index (χ0n) is 9.76. The minimum atomic E-state index is 0.507. The van der Waals surface area contributed by atoms with Crippen LogP contribution in [0.1, 0.15) is 39.5 Å². The summed E-state index contributed by atoms with van der Waals surface area (Å²) >= 11 is 9.23. The highest BCUT2D eigenvalue weighted by molar-refractivity contribution is 9.10. The lowest BCUT2D eigenvalue weighted by molar-refractivity contribution is 0.593. The Morgan fingerprint density at radius 1 is 1.50 bits per heavy atom. The van der Waals surface area contributed by atoms with Gasteiger partial charge in [0.25, 0.3) is 0 Å². The van der Waals surface area contributed by atoms with E-state index in [9.17, 15) is 0 Å². The molecule has 0 saturated carbocycles. The molecule has 1 aromatic rings. The smallest absolute Gasteiger partial charge is 0.143 e. The molecule has 0 amide bonds. The van der Waals surface area contributed by atoms with Gasteiger partial charge in [-0.1, -0.05) is 38.3 Å². The quantitative estimate of drug-likeness (QED) is 0.758. The summed E-state index contributed by atoms with van der Waals surface area (Å²) in [6.07, 6.45) is 6.60. The summed E-state index contributed by atoms with van der Waals surface area (Å²) in [5.74, 6) is 0. The van der Waals surface area contributed by atoms with Crippen LogP contribution in [0.3, 0.4) is 0 Å². The van der Waals surface area contributed by atoms with Gasteiger partial charge >= 0.3 is 0 Å². The molecule has 0 spiro atoms. The summed E-state index contributed by atoms with van der Waals surface area (Å²) in [6.45, 7) is 4.42. The largest absolute Gasteiger partial charge is 0.381 e. The number of nitrogens with one attached hydrogen (secondary N) is 1. The van der Waals surface area contributed by atoms with Gasteiger partial charge in [-0.15, -0.1) is 0 Å². The summed E-state index contributed by atoms with van der Waals surface area (Å²) < 4.78 is 0.838. The Morgan fingerprint density at radius 2 is 2.25 bits per heavy atom. The van der Waals surface area contributed by atoms with Gasteiger partial charge in [0.2, 0.25) is 0 Å². The lowest BCUT2D eigenvalue weighted by Crippen LogP contribution is -2.18. The molecule has 0 aromatic carbocycles. The number of hydrogen-bond acceptors (Lipinski definition) is 2. The average Bonchev–Trinajstić information content (AvgIpc) is 2.29. The van der Waals surface area contributed by atoms with Gasteiger partial charge in [0.15, 0.2) is 0 Å². The van der Waals surface area contributed by atoms with Crippen LogP contribution in [0.25, 0.3) is 0 Å². The minimum absolute atomic E-state index is 0.507. The highest BCUT2D eigenvalue weighted by atomic mass is 79.9. The lowest BCUT2D eigenvalue weighted by Gasteiger charge is -2.17. The number of halogens is 2. The predicted octanol–water partition coefficient (Wildman–Crippen LogP) is 4.88. The van der Waals surface area contributed by atoms with Gasteiger partial charge in [0.05, 0.1) is 16.4 Å².